The van der Waals surface area contributed by atoms with Crippen molar-refractivity contribution in [1.29, 1.82) is 0 Å². The molecular formula is C21H26N2O5S. The van der Waals surface area contributed by atoms with E-state index in [-0.39, 0.29) is 24.3 Å². The number of anilines is 2. The van der Waals surface area contributed by atoms with Crippen LogP contribution in [0.5, 0.6) is 0 Å². The number of benzene rings is 2. The summed E-state index contributed by atoms with van der Waals surface area (Å²) in [6, 6.07) is 12.4. The molecule has 0 fully saturated rings. The molecule has 2 rings (SSSR count). The van der Waals surface area contributed by atoms with Gasteiger partial charge in [0.15, 0.2) is 0 Å². The molecule has 0 saturated carbocycles. The molecule has 0 heterocycles. The first-order chi connectivity index (χ1) is 13.7. The van der Waals surface area contributed by atoms with Crippen LogP contribution in [0, 0.1) is 6.92 Å². The van der Waals surface area contributed by atoms with E-state index in [0.717, 1.165) is 16.1 Å². The first kappa shape index (κ1) is 22.4. The summed E-state index contributed by atoms with van der Waals surface area (Å²) < 4.78 is 31.1. The van der Waals surface area contributed by atoms with Gasteiger partial charge in [0.05, 0.1) is 29.8 Å². The molecule has 0 spiro atoms. The standard InChI is InChI=1S/C21H26N2O5S/c1-5-19(23(29(4,26)27)16-13-11-15(3)12-14-16)20(24)22-18-10-8-7-9-17(18)21(25)28-6-2/h7-14,19H,5-6H2,1-4H3,(H,22,24). The van der Waals surface area contributed by atoms with E-state index in [2.05, 4.69) is 5.32 Å². The van der Waals surface area contributed by atoms with Gasteiger partial charge in [-0.1, -0.05) is 36.8 Å². The molecule has 1 amide bonds. The van der Waals surface area contributed by atoms with E-state index in [1.165, 1.54) is 0 Å². The fourth-order valence-corrected chi connectivity index (χ4v) is 4.16. The Morgan fingerprint density at radius 3 is 2.24 bits per heavy atom. The van der Waals surface area contributed by atoms with Crippen molar-refractivity contribution in [3.8, 4) is 0 Å². The van der Waals surface area contributed by atoms with Gasteiger partial charge >= 0.3 is 5.97 Å². The Kier molecular flexibility index (Phi) is 7.39. The second-order valence-corrected chi connectivity index (χ2v) is 8.43. The van der Waals surface area contributed by atoms with Gasteiger partial charge in [0.1, 0.15) is 6.04 Å². The molecule has 1 atom stereocenters. The van der Waals surface area contributed by atoms with E-state index < -0.39 is 27.9 Å². The number of carbonyl (C=O) groups is 2. The van der Waals surface area contributed by atoms with Crippen molar-refractivity contribution in [2.45, 2.75) is 33.2 Å². The summed E-state index contributed by atoms with van der Waals surface area (Å²) in [5.74, 6) is -1.09. The zero-order valence-electron chi connectivity index (χ0n) is 17.0. The highest BCUT2D eigenvalue weighted by Crippen LogP contribution is 2.24. The maximum Gasteiger partial charge on any atom is 0.340 e. The maximum atomic E-state index is 13.0. The molecule has 1 N–H and O–H groups in total. The quantitative estimate of drug-likeness (QED) is 0.664. The first-order valence-electron chi connectivity index (χ1n) is 9.32. The average Bonchev–Trinajstić information content (AvgIpc) is 2.66. The number of sulfonamides is 1. The number of para-hydroxylation sites is 1. The maximum absolute atomic E-state index is 13.0. The van der Waals surface area contributed by atoms with Crippen LogP contribution in [0.3, 0.4) is 0 Å². The lowest BCUT2D eigenvalue weighted by atomic mass is 10.1. The van der Waals surface area contributed by atoms with Gasteiger partial charge in [0.25, 0.3) is 0 Å². The van der Waals surface area contributed by atoms with Gasteiger partial charge in [-0.3, -0.25) is 9.10 Å². The molecule has 0 aliphatic carbocycles. The Balaban J connectivity index is 2.39. The van der Waals surface area contributed by atoms with Crippen LogP contribution in [-0.4, -0.2) is 39.2 Å². The summed E-state index contributed by atoms with van der Waals surface area (Å²) in [6.45, 7) is 5.52. The van der Waals surface area contributed by atoms with E-state index >= 15 is 0 Å². The third-order valence-electron chi connectivity index (χ3n) is 4.30. The smallest absolute Gasteiger partial charge is 0.340 e. The van der Waals surface area contributed by atoms with E-state index in [4.69, 9.17) is 4.74 Å². The lowest BCUT2D eigenvalue weighted by molar-refractivity contribution is -0.117. The molecule has 0 saturated heterocycles. The van der Waals surface area contributed by atoms with Crippen molar-refractivity contribution < 1.29 is 22.7 Å². The van der Waals surface area contributed by atoms with Crippen LogP contribution < -0.4 is 9.62 Å². The number of amides is 1. The normalized spacial score (nSPS) is 12.1. The second-order valence-electron chi connectivity index (χ2n) is 6.57. The number of aryl methyl sites for hydroxylation is 1. The monoisotopic (exact) mass is 418 g/mol. The number of ether oxygens (including phenoxy) is 1. The highest BCUT2D eigenvalue weighted by atomic mass is 32.2. The van der Waals surface area contributed by atoms with Crippen LogP contribution in [0.4, 0.5) is 11.4 Å². The van der Waals surface area contributed by atoms with Crippen molar-refractivity contribution in [1.82, 2.24) is 0 Å². The lowest BCUT2D eigenvalue weighted by Gasteiger charge is -2.30. The Labute approximate surface area is 171 Å². The fraction of sp³-hybridized carbons (Fsp3) is 0.333. The molecule has 8 heteroatoms. The Hall–Kier alpha value is -2.87. The SMILES string of the molecule is CCOC(=O)c1ccccc1NC(=O)C(CC)N(c1ccc(C)cc1)S(C)(=O)=O. The van der Waals surface area contributed by atoms with Crippen LogP contribution in [0.25, 0.3) is 0 Å². The average molecular weight is 419 g/mol. The Morgan fingerprint density at radius 2 is 1.69 bits per heavy atom. The number of carbonyl (C=O) groups excluding carboxylic acids is 2. The molecule has 156 valence electrons. The third-order valence-corrected chi connectivity index (χ3v) is 5.48. The molecule has 2 aromatic carbocycles. The number of esters is 1. The fourth-order valence-electron chi connectivity index (χ4n) is 2.95. The molecule has 0 aliphatic heterocycles. The summed E-state index contributed by atoms with van der Waals surface area (Å²) in [6.07, 6.45) is 1.31. The zero-order chi connectivity index (χ0) is 21.6. The zero-order valence-corrected chi connectivity index (χ0v) is 17.8. The van der Waals surface area contributed by atoms with Crippen molar-refractivity contribution in [2.75, 3.05) is 22.5 Å². The molecule has 1 unspecified atom stereocenters. The van der Waals surface area contributed by atoms with Gasteiger partial charge in [-0.2, -0.15) is 0 Å². The van der Waals surface area contributed by atoms with E-state index in [1.54, 1.807) is 62.4 Å². The van der Waals surface area contributed by atoms with Gasteiger partial charge in [-0.25, -0.2) is 13.2 Å². The van der Waals surface area contributed by atoms with Crippen LogP contribution in [0.2, 0.25) is 0 Å². The van der Waals surface area contributed by atoms with Gasteiger partial charge in [0.2, 0.25) is 15.9 Å². The van der Waals surface area contributed by atoms with Crippen LogP contribution >= 0.6 is 0 Å². The summed E-state index contributed by atoms with van der Waals surface area (Å²) in [5.41, 5.74) is 1.85. The minimum atomic E-state index is -3.73. The van der Waals surface area contributed by atoms with Gasteiger partial charge in [0, 0.05) is 0 Å². The number of nitrogens with zero attached hydrogens (tertiary/aromatic N) is 1. The molecule has 7 nitrogen and oxygen atoms in total. The van der Waals surface area contributed by atoms with Gasteiger partial charge in [-0.05, 0) is 44.5 Å². The molecule has 0 bridgehead atoms. The second kappa shape index (κ2) is 9.56. The van der Waals surface area contributed by atoms with Gasteiger partial charge < -0.3 is 10.1 Å². The minimum Gasteiger partial charge on any atom is -0.462 e. The summed E-state index contributed by atoms with van der Waals surface area (Å²) in [4.78, 5) is 25.2. The van der Waals surface area contributed by atoms with Gasteiger partial charge in [-0.15, -0.1) is 0 Å². The van der Waals surface area contributed by atoms with Crippen molar-refractivity contribution in [3.63, 3.8) is 0 Å². The van der Waals surface area contributed by atoms with E-state index in [9.17, 15) is 18.0 Å². The van der Waals surface area contributed by atoms with E-state index in [0.29, 0.717) is 5.69 Å². The minimum absolute atomic E-state index is 0.202. The predicted molar refractivity (Wildman–Crippen MR) is 114 cm³/mol. The first-order valence-corrected chi connectivity index (χ1v) is 11.2. The number of hydrogen-bond acceptors (Lipinski definition) is 5. The third kappa shape index (κ3) is 5.57. The summed E-state index contributed by atoms with van der Waals surface area (Å²) in [5, 5.41) is 2.69. The number of nitrogens with one attached hydrogen (secondary N) is 1. The summed E-state index contributed by atoms with van der Waals surface area (Å²) >= 11 is 0. The number of hydrogen-bond donors (Lipinski definition) is 1. The molecule has 0 aliphatic rings. The van der Waals surface area contributed by atoms with Crippen LogP contribution in [0.1, 0.15) is 36.2 Å². The van der Waals surface area contributed by atoms with Crippen molar-refractivity contribution in [2.24, 2.45) is 0 Å². The molecular weight excluding hydrogens is 392 g/mol. The molecule has 29 heavy (non-hydrogen) atoms. The Bertz CT molecular complexity index is 971. The number of rotatable bonds is 8. The van der Waals surface area contributed by atoms with Crippen molar-refractivity contribution >= 4 is 33.3 Å². The van der Waals surface area contributed by atoms with Crippen molar-refractivity contribution in [3.05, 3.63) is 59.7 Å². The lowest BCUT2D eigenvalue weighted by Crippen LogP contribution is -2.47. The highest BCUT2D eigenvalue weighted by Gasteiger charge is 2.32. The van der Waals surface area contributed by atoms with Crippen LogP contribution in [0.15, 0.2) is 48.5 Å². The van der Waals surface area contributed by atoms with E-state index in [1.807, 2.05) is 6.92 Å². The van der Waals surface area contributed by atoms with Crippen LogP contribution in [-0.2, 0) is 19.6 Å². The summed E-state index contributed by atoms with van der Waals surface area (Å²) in [7, 11) is -3.73. The topological polar surface area (TPSA) is 92.8 Å². The molecule has 0 aromatic heterocycles. The predicted octanol–water partition coefficient (Wildman–Crippen LogP) is 3.36. The highest BCUT2D eigenvalue weighted by molar-refractivity contribution is 7.92. The molecule has 2 aromatic rings. The molecule has 0 radical (unpaired) electrons. The largest absolute Gasteiger partial charge is 0.462 e. The Morgan fingerprint density at radius 1 is 1.07 bits per heavy atom.